The Balaban J connectivity index is 2.95. The Hall–Kier alpha value is -0.850. The highest BCUT2D eigenvalue weighted by Crippen LogP contribution is 2.25. The highest BCUT2D eigenvalue weighted by Gasteiger charge is 2.14. The van der Waals surface area contributed by atoms with Crippen LogP contribution in [0.25, 0.3) is 0 Å². The number of rotatable bonds is 2. The molecule has 0 spiro atoms. The lowest BCUT2D eigenvalue weighted by Gasteiger charge is -2.14. The summed E-state index contributed by atoms with van der Waals surface area (Å²) in [5.74, 6) is 0.381. The highest BCUT2D eigenvalue weighted by molar-refractivity contribution is 7.10. The van der Waals surface area contributed by atoms with Gasteiger partial charge in [0.05, 0.1) is 0 Å². The lowest BCUT2D eigenvalue weighted by molar-refractivity contribution is 0.515. The average Bonchev–Trinajstić information content (AvgIpc) is 2.49. The van der Waals surface area contributed by atoms with Gasteiger partial charge in [-0.2, -0.15) is 5.26 Å². The van der Waals surface area contributed by atoms with Gasteiger partial charge < -0.3 is 5.73 Å². The Bertz CT molecular complexity index is 296. The largest absolute Gasteiger partial charge is 0.324 e. The van der Waals surface area contributed by atoms with Crippen molar-refractivity contribution in [2.45, 2.75) is 19.9 Å². The first kappa shape index (κ1) is 9.24. The van der Waals surface area contributed by atoms with Crippen LogP contribution in [0.2, 0.25) is 0 Å². The van der Waals surface area contributed by atoms with E-state index in [1.807, 2.05) is 11.4 Å². The normalized spacial score (nSPS) is 12.9. The van der Waals surface area contributed by atoms with Crippen LogP contribution < -0.4 is 5.73 Å². The minimum atomic E-state index is -0.00843. The van der Waals surface area contributed by atoms with Crippen LogP contribution in [0.5, 0.6) is 0 Å². The molecule has 0 amide bonds. The molecule has 1 rings (SSSR count). The second kappa shape index (κ2) is 3.70. The fourth-order valence-electron chi connectivity index (χ4n) is 1.03. The average molecular weight is 180 g/mol. The summed E-state index contributed by atoms with van der Waals surface area (Å²) in [5, 5.41) is 10.7. The third-order valence-electron chi connectivity index (χ3n) is 1.87. The molecule has 0 radical (unpaired) electrons. The van der Waals surface area contributed by atoms with Crippen molar-refractivity contribution in [1.29, 1.82) is 5.26 Å². The predicted molar refractivity (Wildman–Crippen MR) is 50.8 cm³/mol. The van der Waals surface area contributed by atoms with E-state index in [1.165, 1.54) is 11.3 Å². The molecular weight excluding hydrogens is 168 g/mol. The van der Waals surface area contributed by atoms with Gasteiger partial charge in [0.1, 0.15) is 10.9 Å². The highest BCUT2D eigenvalue weighted by atomic mass is 32.1. The molecule has 0 aliphatic carbocycles. The van der Waals surface area contributed by atoms with E-state index in [9.17, 15) is 0 Å². The molecule has 0 bridgehead atoms. The first-order valence-corrected chi connectivity index (χ1v) is 4.78. The zero-order valence-corrected chi connectivity index (χ0v) is 8.06. The predicted octanol–water partition coefficient (Wildman–Crippen LogP) is 2.28. The maximum Gasteiger partial charge on any atom is 0.110 e. The summed E-state index contributed by atoms with van der Waals surface area (Å²) >= 11 is 1.45. The van der Waals surface area contributed by atoms with Crippen molar-refractivity contribution in [2.75, 3.05) is 0 Å². The van der Waals surface area contributed by atoms with E-state index in [0.29, 0.717) is 5.92 Å². The minimum absolute atomic E-state index is 0.00843. The molecule has 2 nitrogen and oxygen atoms in total. The van der Waals surface area contributed by atoms with Gasteiger partial charge in [-0.3, -0.25) is 0 Å². The monoisotopic (exact) mass is 180 g/mol. The van der Waals surface area contributed by atoms with Gasteiger partial charge in [-0.1, -0.05) is 13.8 Å². The summed E-state index contributed by atoms with van der Waals surface area (Å²) in [5.41, 5.74) is 6.90. The van der Waals surface area contributed by atoms with Crippen LogP contribution in [-0.2, 0) is 0 Å². The standard InChI is InChI=1S/C9H12N2S/c1-6(2)9(11)7-3-4-12-8(7)5-10/h3-4,6,9H,11H2,1-2H3. The zero-order chi connectivity index (χ0) is 9.14. The number of nitrogens with two attached hydrogens (primary N) is 1. The molecule has 0 aliphatic heterocycles. The molecule has 1 aromatic rings. The first-order chi connectivity index (χ1) is 5.66. The molecule has 0 aromatic carbocycles. The molecule has 1 atom stereocenters. The van der Waals surface area contributed by atoms with Crippen molar-refractivity contribution < 1.29 is 0 Å². The SMILES string of the molecule is CC(C)C(N)c1ccsc1C#N. The van der Waals surface area contributed by atoms with Gasteiger partial charge in [0.25, 0.3) is 0 Å². The maximum atomic E-state index is 8.74. The Morgan fingerprint density at radius 1 is 1.58 bits per heavy atom. The van der Waals surface area contributed by atoms with Crippen LogP contribution in [0, 0.1) is 17.2 Å². The molecule has 0 aliphatic rings. The van der Waals surface area contributed by atoms with Gasteiger partial charge in [-0.05, 0) is 22.9 Å². The van der Waals surface area contributed by atoms with Crippen LogP contribution in [-0.4, -0.2) is 0 Å². The van der Waals surface area contributed by atoms with Crippen LogP contribution in [0.3, 0.4) is 0 Å². The number of hydrogen-bond donors (Lipinski definition) is 1. The molecule has 0 fully saturated rings. The van der Waals surface area contributed by atoms with E-state index in [4.69, 9.17) is 11.0 Å². The van der Waals surface area contributed by atoms with Crippen molar-refractivity contribution >= 4 is 11.3 Å². The Labute approximate surface area is 76.6 Å². The molecular formula is C9H12N2S. The van der Waals surface area contributed by atoms with Gasteiger partial charge in [0, 0.05) is 6.04 Å². The van der Waals surface area contributed by atoms with Gasteiger partial charge in [0.15, 0.2) is 0 Å². The lowest BCUT2D eigenvalue weighted by Crippen LogP contribution is -2.16. The summed E-state index contributed by atoms with van der Waals surface area (Å²) in [6.07, 6.45) is 0. The van der Waals surface area contributed by atoms with Crippen LogP contribution in [0.1, 0.15) is 30.3 Å². The first-order valence-electron chi connectivity index (χ1n) is 3.90. The molecule has 1 heterocycles. The quantitative estimate of drug-likeness (QED) is 0.759. The van der Waals surface area contributed by atoms with E-state index in [-0.39, 0.29) is 6.04 Å². The third kappa shape index (κ3) is 1.66. The molecule has 12 heavy (non-hydrogen) atoms. The number of nitrogens with zero attached hydrogens (tertiary/aromatic N) is 1. The number of hydrogen-bond acceptors (Lipinski definition) is 3. The summed E-state index contributed by atoms with van der Waals surface area (Å²) in [7, 11) is 0. The van der Waals surface area contributed by atoms with Gasteiger partial charge in [-0.15, -0.1) is 11.3 Å². The lowest BCUT2D eigenvalue weighted by atomic mass is 9.98. The fraction of sp³-hybridized carbons (Fsp3) is 0.444. The summed E-state index contributed by atoms with van der Waals surface area (Å²) in [6.45, 7) is 4.12. The van der Waals surface area contributed by atoms with Gasteiger partial charge in [-0.25, -0.2) is 0 Å². The summed E-state index contributed by atoms with van der Waals surface area (Å²) in [6, 6.07) is 4.08. The van der Waals surface area contributed by atoms with E-state index >= 15 is 0 Å². The van der Waals surface area contributed by atoms with Crippen molar-refractivity contribution in [1.82, 2.24) is 0 Å². The number of nitriles is 1. The van der Waals surface area contributed by atoms with Gasteiger partial charge >= 0.3 is 0 Å². The Morgan fingerprint density at radius 3 is 2.75 bits per heavy atom. The van der Waals surface area contributed by atoms with Crippen LogP contribution >= 0.6 is 11.3 Å². The smallest absolute Gasteiger partial charge is 0.110 e. The van der Waals surface area contributed by atoms with Crippen LogP contribution in [0.15, 0.2) is 11.4 Å². The van der Waals surface area contributed by atoms with Crippen molar-refractivity contribution in [3.05, 3.63) is 21.9 Å². The molecule has 2 N–H and O–H groups in total. The second-order valence-corrected chi connectivity index (χ2v) is 4.00. The van der Waals surface area contributed by atoms with E-state index < -0.39 is 0 Å². The minimum Gasteiger partial charge on any atom is -0.324 e. The Morgan fingerprint density at radius 2 is 2.25 bits per heavy atom. The molecule has 1 unspecified atom stereocenters. The van der Waals surface area contributed by atoms with Gasteiger partial charge in [0.2, 0.25) is 0 Å². The topological polar surface area (TPSA) is 49.8 Å². The van der Waals surface area contributed by atoms with Crippen molar-refractivity contribution in [3.63, 3.8) is 0 Å². The van der Waals surface area contributed by atoms with Crippen molar-refractivity contribution in [2.24, 2.45) is 11.7 Å². The summed E-state index contributed by atoms with van der Waals surface area (Å²) < 4.78 is 0. The van der Waals surface area contributed by atoms with E-state index in [0.717, 1.165) is 10.4 Å². The molecule has 1 aromatic heterocycles. The summed E-state index contributed by atoms with van der Waals surface area (Å²) in [4.78, 5) is 0.746. The molecule has 64 valence electrons. The van der Waals surface area contributed by atoms with Crippen molar-refractivity contribution in [3.8, 4) is 6.07 Å². The zero-order valence-electron chi connectivity index (χ0n) is 7.24. The third-order valence-corrected chi connectivity index (χ3v) is 2.71. The van der Waals surface area contributed by atoms with Crippen LogP contribution in [0.4, 0.5) is 0 Å². The Kier molecular flexibility index (Phi) is 2.85. The second-order valence-electron chi connectivity index (χ2n) is 3.09. The van der Waals surface area contributed by atoms with E-state index in [1.54, 1.807) is 0 Å². The molecule has 0 saturated carbocycles. The van der Waals surface area contributed by atoms with E-state index in [2.05, 4.69) is 19.9 Å². The number of thiophene rings is 1. The fourth-order valence-corrected chi connectivity index (χ4v) is 1.78. The molecule has 3 heteroatoms. The maximum absolute atomic E-state index is 8.74. The molecule has 0 saturated heterocycles.